The predicted molar refractivity (Wildman–Crippen MR) is 71.8 cm³/mol. The Kier molecular flexibility index (Phi) is 5.27. The number of hydrogen-bond donors (Lipinski definition) is 0. The summed E-state index contributed by atoms with van der Waals surface area (Å²) in [5.74, 6) is 0. The average molecular weight is 344 g/mol. The van der Waals surface area contributed by atoms with Crippen LogP contribution in [-0.2, 0) is 37.5 Å². The van der Waals surface area contributed by atoms with Crippen LogP contribution in [0.4, 0.5) is 0 Å². The zero-order valence-electron chi connectivity index (χ0n) is 11.9. The van der Waals surface area contributed by atoms with Crippen LogP contribution < -0.4 is 0 Å². The minimum Gasteiger partial charge on any atom is -0.245 e. The average Bonchev–Trinajstić information content (AvgIpc) is 2.34. The van der Waals surface area contributed by atoms with E-state index in [-0.39, 0.29) is 6.42 Å². The lowest BCUT2D eigenvalue weighted by Gasteiger charge is -2.33. The number of hydrogen-bond acceptors (Lipinski definition) is 8. The van der Waals surface area contributed by atoms with Crippen LogP contribution in [0.25, 0.3) is 0 Å². The highest BCUT2D eigenvalue weighted by Gasteiger charge is 2.38. The monoisotopic (exact) mass is 344 g/mol. The molecule has 2 heterocycles. The molecular formula is C11H20O8S2. The quantitative estimate of drug-likeness (QED) is 0.745. The van der Waals surface area contributed by atoms with Crippen molar-refractivity contribution in [2.24, 2.45) is 0 Å². The molecule has 0 bridgehead atoms. The minimum absolute atomic E-state index is 0.165. The van der Waals surface area contributed by atoms with Crippen molar-refractivity contribution < 1.29 is 33.6 Å². The lowest BCUT2D eigenvalue weighted by Crippen LogP contribution is -2.40. The summed E-state index contributed by atoms with van der Waals surface area (Å²) in [6.07, 6.45) is -0.209. The van der Waals surface area contributed by atoms with Crippen LogP contribution in [0, 0.1) is 0 Å². The Bertz CT molecular complexity index is 505. The Labute approximate surface area is 125 Å². The highest BCUT2D eigenvalue weighted by Crippen LogP contribution is 2.30. The summed E-state index contributed by atoms with van der Waals surface area (Å²) in [6.45, 7) is 3.62. The minimum atomic E-state index is -4.03. The van der Waals surface area contributed by atoms with E-state index >= 15 is 0 Å². The van der Waals surface area contributed by atoms with Gasteiger partial charge in [0, 0.05) is 19.3 Å². The fourth-order valence-corrected chi connectivity index (χ4v) is 4.66. The second-order valence-corrected chi connectivity index (χ2v) is 7.62. The van der Waals surface area contributed by atoms with Crippen molar-refractivity contribution in [3.05, 3.63) is 0 Å². The van der Waals surface area contributed by atoms with Gasteiger partial charge in [0.05, 0.1) is 24.4 Å². The first-order chi connectivity index (χ1) is 9.73. The van der Waals surface area contributed by atoms with E-state index in [9.17, 15) is 16.8 Å². The maximum atomic E-state index is 11.5. The summed E-state index contributed by atoms with van der Waals surface area (Å²) < 4.78 is 65.3. The van der Waals surface area contributed by atoms with E-state index in [1.807, 2.05) is 13.8 Å². The highest BCUT2D eigenvalue weighted by molar-refractivity contribution is 7.82. The molecule has 0 aromatic carbocycles. The second kappa shape index (κ2) is 6.47. The third-order valence-electron chi connectivity index (χ3n) is 3.50. The van der Waals surface area contributed by atoms with Crippen molar-refractivity contribution in [2.75, 3.05) is 0 Å². The van der Waals surface area contributed by atoms with Crippen LogP contribution in [-0.4, -0.2) is 41.3 Å². The molecule has 0 amide bonds. The summed E-state index contributed by atoms with van der Waals surface area (Å²) >= 11 is 0. The molecule has 124 valence electrons. The first-order valence-corrected chi connectivity index (χ1v) is 9.62. The molecule has 0 radical (unpaired) electrons. The van der Waals surface area contributed by atoms with Gasteiger partial charge in [0.2, 0.25) is 0 Å². The third-order valence-corrected chi connectivity index (χ3v) is 5.54. The predicted octanol–water partition coefficient (Wildman–Crippen LogP) is 1.03. The van der Waals surface area contributed by atoms with Gasteiger partial charge < -0.3 is 0 Å². The van der Waals surface area contributed by atoms with Crippen LogP contribution in [0.3, 0.4) is 0 Å². The van der Waals surface area contributed by atoms with E-state index in [2.05, 4.69) is 0 Å². The van der Waals surface area contributed by atoms with Crippen LogP contribution in [0.15, 0.2) is 0 Å². The van der Waals surface area contributed by atoms with Crippen LogP contribution in [0.2, 0.25) is 0 Å². The van der Waals surface area contributed by atoms with Gasteiger partial charge >= 0.3 is 20.8 Å². The van der Waals surface area contributed by atoms with E-state index in [1.165, 1.54) is 0 Å². The molecule has 2 aliphatic heterocycles. The van der Waals surface area contributed by atoms with E-state index in [1.54, 1.807) is 0 Å². The molecule has 4 unspecified atom stereocenters. The standard InChI is InChI=1S/C11H20O8S2/c1-3-8-5-10(18-20(12,13)16-8)7-11-6-9(4-2)17-21(14,15)19-11/h8-11H,3-7H2,1-2H3. The molecule has 8 nitrogen and oxygen atoms in total. The fraction of sp³-hybridized carbons (Fsp3) is 1.00. The molecule has 4 atom stereocenters. The molecule has 10 heteroatoms. The molecule has 0 spiro atoms. The van der Waals surface area contributed by atoms with Gasteiger partial charge in [0.25, 0.3) is 0 Å². The molecular weight excluding hydrogens is 324 g/mol. The van der Waals surface area contributed by atoms with E-state index in [0.29, 0.717) is 25.7 Å². The van der Waals surface area contributed by atoms with Crippen LogP contribution >= 0.6 is 0 Å². The van der Waals surface area contributed by atoms with Crippen molar-refractivity contribution in [2.45, 2.75) is 70.4 Å². The van der Waals surface area contributed by atoms with Gasteiger partial charge in [0.1, 0.15) is 0 Å². The van der Waals surface area contributed by atoms with Gasteiger partial charge in [-0.15, -0.1) is 0 Å². The highest BCUT2D eigenvalue weighted by atomic mass is 32.3. The molecule has 0 aromatic rings. The SMILES string of the molecule is CCC1CC(CC2CC(CC)OS(=O)(=O)O2)OS(=O)(=O)O1. The smallest absolute Gasteiger partial charge is 0.245 e. The second-order valence-electron chi connectivity index (χ2n) is 5.21. The van der Waals surface area contributed by atoms with Gasteiger partial charge in [-0.25, -0.2) is 16.7 Å². The molecule has 2 rings (SSSR count). The first kappa shape index (κ1) is 17.1. The van der Waals surface area contributed by atoms with Crippen molar-refractivity contribution in [3.8, 4) is 0 Å². The lowest BCUT2D eigenvalue weighted by atomic mass is 10.00. The lowest BCUT2D eigenvalue weighted by molar-refractivity contribution is -0.0113. The molecule has 0 aromatic heterocycles. The zero-order valence-corrected chi connectivity index (χ0v) is 13.6. The Balaban J connectivity index is 2.03. The van der Waals surface area contributed by atoms with Crippen molar-refractivity contribution >= 4 is 20.8 Å². The molecule has 2 saturated heterocycles. The van der Waals surface area contributed by atoms with Crippen molar-refractivity contribution in [3.63, 3.8) is 0 Å². The largest absolute Gasteiger partial charge is 0.400 e. The normalized spacial score (nSPS) is 39.0. The molecule has 2 fully saturated rings. The van der Waals surface area contributed by atoms with Crippen molar-refractivity contribution in [1.29, 1.82) is 0 Å². The van der Waals surface area contributed by atoms with Crippen LogP contribution in [0.1, 0.15) is 46.0 Å². The van der Waals surface area contributed by atoms with Crippen LogP contribution in [0.5, 0.6) is 0 Å². The first-order valence-electron chi connectivity index (χ1n) is 6.96. The molecule has 0 N–H and O–H groups in total. The fourth-order valence-electron chi connectivity index (χ4n) is 2.49. The van der Waals surface area contributed by atoms with Crippen molar-refractivity contribution in [1.82, 2.24) is 0 Å². The maximum Gasteiger partial charge on any atom is 0.400 e. The van der Waals surface area contributed by atoms with Gasteiger partial charge in [-0.1, -0.05) is 13.8 Å². The van der Waals surface area contributed by atoms with E-state index in [4.69, 9.17) is 16.7 Å². The maximum absolute atomic E-state index is 11.5. The van der Waals surface area contributed by atoms with Gasteiger partial charge in [0.15, 0.2) is 0 Å². The Morgan fingerprint density at radius 3 is 1.38 bits per heavy atom. The molecule has 0 saturated carbocycles. The van der Waals surface area contributed by atoms with Gasteiger partial charge in [-0.05, 0) is 12.8 Å². The molecule has 21 heavy (non-hydrogen) atoms. The summed E-state index contributed by atoms with van der Waals surface area (Å²) in [7, 11) is -8.06. The van der Waals surface area contributed by atoms with Gasteiger partial charge in [-0.3, -0.25) is 0 Å². The number of rotatable bonds is 4. The van der Waals surface area contributed by atoms with Gasteiger partial charge in [-0.2, -0.15) is 16.8 Å². The molecule has 0 aliphatic carbocycles. The summed E-state index contributed by atoms with van der Waals surface area (Å²) in [6, 6.07) is 0. The Morgan fingerprint density at radius 1 is 0.714 bits per heavy atom. The Morgan fingerprint density at radius 2 is 1.05 bits per heavy atom. The van der Waals surface area contributed by atoms with E-state index < -0.39 is 45.2 Å². The topological polar surface area (TPSA) is 105 Å². The van der Waals surface area contributed by atoms with E-state index in [0.717, 1.165) is 0 Å². The zero-order chi connectivity index (χ0) is 15.7. The third kappa shape index (κ3) is 4.86. The Hall–Kier alpha value is -0.260. The summed E-state index contributed by atoms with van der Waals surface area (Å²) in [5.41, 5.74) is 0. The molecule has 2 aliphatic rings. The summed E-state index contributed by atoms with van der Waals surface area (Å²) in [4.78, 5) is 0. The summed E-state index contributed by atoms with van der Waals surface area (Å²) in [5, 5.41) is 0.